The normalized spacial score (nSPS) is 13.7. The molecule has 0 radical (unpaired) electrons. The van der Waals surface area contributed by atoms with Gasteiger partial charge in [-0.05, 0) is 40.1 Å². The van der Waals surface area contributed by atoms with Gasteiger partial charge in [0, 0.05) is 5.92 Å². The van der Waals surface area contributed by atoms with Gasteiger partial charge < -0.3 is 4.74 Å². The smallest absolute Gasteiger partial charge is 0.241 e. The first kappa shape index (κ1) is 19.7. The van der Waals surface area contributed by atoms with Gasteiger partial charge in [0.15, 0.2) is 0 Å². The highest BCUT2D eigenvalue weighted by Gasteiger charge is 2.18. The van der Waals surface area contributed by atoms with Crippen molar-refractivity contribution < 1.29 is 9.13 Å². The Hall–Kier alpha value is -2.09. The van der Waals surface area contributed by atoms with Gasteiger partial charge in [0.25, 0.3) is 0 Å². The lowest BCUT2D eigenvalue weighted by Crippen LogP contribution is -2.19. The maximum Gasteiger partial charge on any atom is 0.241 e. The summed E-state index contributed by atoms with van der Waals surface area (Å²) in [5.41, 5.74) is 0. The minimum absolute atomic E-state index is 0.0801. The van der Waals surface area contributed by atoms with Gasteiger partial charge in [-0.2, -0.15) is 0 Å². The monoisotopic (exact) mass is 366 g/mol. The summed E-state index contributed by atoms with van der Waals surface area (Å²) in [6, 6.07) is 18.4. The van der Waals surface area contributed by atoms with Gasteiger partial charge in [0.05, 0.1) is 0 Å². The standard InChI is InChI=1S/C25H31FO/c1-3-4-5-6-7-8-11-19(2)25(26)27-22-16-17-24-21(18-22)15-14-20-12-9-10-13-23(20)24/h9-10,12-19,25H,3-8,11H2,1-2H3. The van der Waals surface area contributed by atoms with Crippen LogP contribution in [0.2, 0.25) is 0 Å². The third-order valence-electron chi connectivity index (χ3n) is 5.43. The number of unbranched alkanes of at least 4 members (excludes halogenated alkanes) is 5. The maximum atomic E-state index is 14.5. The molecule has 0 aliphatic heterocycles. The van der Waals surface area contributed by atoms with Crippen LogP contribution in [0.3, 0.4) is 0 Å². The number of hydrogen-bond acceptors (Lipinski definition) is 1. The van der Waals surface area contributed by atoms with Crippen molar-refractivity contribution in [1.82, 2.24) is 0 Å². The summed E-state index contributed by atoms with van der Waals surface area (Å²) in [4.78, 5) is 0. The zero-order chi connectivity index (χ0) is 19.1. The maximum absolute atomic E-state index is 14.5. The van der Waals surface area contributed by atoms with E-state index in [-0.39, 0.29) is 5.92 Å². The molecule has 0 fully saturated rings. The quantitative estimate of drug-likeness (QED) is 0.260. The molecule has 3 rings (SSSR count). The van der Waals surface area contributed by atoms with Crippen LogP contribution in [0.1, 0.15) is 58.8 Å². The van der Waals surface area contributed by atoms with Crippen LogP contribution in [-0.4, -0.2) is 6.36 Å². The molecular formula is C25H31FO. The Labute approximate surface area is 162 Å². The summed E-state index contributed by atoms with van der Waals surface area (Å²) in [6.07, 6.45) is 7.03. The van der Waals surface area contributed by atoms with Gasteiger partial charge in [-0.15, -0.1) is 0 Å². The predicted molar refractivity (Wildman–Crippen MR) is 114 cm³/mol. The molecular weight excluding hydrogens is 335 g/mol. The molecule has 1 nitrogen and oxygen atoms in total. The number of hydrogen-bond donors (Lipinski definition) is 0. The molecule has 0 saturated carbocycles. The highest BCUT2D eigenvalue weighted by molar-refractivity contribution is 6.07. The van der Waals surface area contributed by atoms with Crippen LogP contribution in [0, 0.1) is 5.92 Å². The Morgan fingerprint density at radius 2 is 1.52 bits per heavy atom. The average Bonchev–Trinajstić information content (AvgIpc) is 2.70. The molecule has 0 heterocycles. The van der Waals surface area contributed by atoms with Crippen molar-refractivity contribution in [3.8, 4) is 5.75 Å². The second-order valence-electron chi connectivity index (χ2n) is 7.67. The van der Waals surface area contributed by atoms with Gasteiger partial charge in [-0.1, -0.05) is 94.8 Å². The lowest BCUT2D eigenvalue weighted by molar-refractivity contribution is 0.0150. The van der Waals surface area contributed by atoms with E-state index in [0.29, 0.717) is 5.75 Å². The molecule has 2 unspecified atom stereocenters. The summed E-state index contributed by atoms with van der Waals surface area (Å²) >= 11 is 0. The molecule has 144 valence electrons. The van der Waals surface area contributed by atoms with E-state index >= 15 is 0 Å². The van der Waals surface area contributed by atoms with E-state index in [1.54, 1.807) is 0 Å². The van der Waals surface area contributed by atoms with Crippen LogP contribution < -0.4 is 4.74 Å². The van der Waals surface area contributed by atoms with E-state index in [1.807, 2.05) is 37.3 Å². The molecule has 0 aliphatic carbocycles. The Kier molecular flexibility index (Phi) is 7.09. The van der Waals surface area contributed by atoms with Crippen LogP contribution in [0.25, 0.3) is 21.5 Å². The van der Waals surface area contributed by atoms with Crippen LogP contribution in [0.15, 0.2) is 54.6 Å². The fourth-order valence-electron chi connectivity index (χ4n) is 3.69. The summed E-state index contributed by atoms with van der Waals surface area (Å²) in [5.74, 6) is 0.531. The van der Waals surface area contributed by atoms with Crippen molar-refractivity contribution in [3.05, 3.63) is 54.6 Å². The average molecular weight is 367 g/mol. The Morgan fingerprint density at radius 1 is 0.815 bits per heavy atom. The SMILES string of the molecule is CCCCCCCCC(C)C(F)Oc1ccc2c(ccc3ccccc32)c1. The number of ether oxygens (including phenoxy) is 1. The molecule has 3 aromatic carbocycles. The molecule has 3 aromatic rings. The molecule has 0 aromatic heterocycles. The fourth-order valence-corrected chi connectivity index (χ4v) is 3.69. The van der Waals surface area contributed by atoms with Crippen molar-refractivity contribution in [3.63, 3.8) is 0 Å². The summed E-state index contributed by atoms with van der Waals surface area (Å²) in [6.45, 7) is 4.17. The van der Waals surface area contributed by atoms with Gasteiger partial charge in [0.2, 0.25) is 6.36 Å². The van der Waals surface area contributed by atoms with E-state index in [9.17, 15) is 4.39 Å². The summed E-state index contributed by atoms with van der Waals surface area (Å²) in [7, 11) is 0. The van der Waals surface area contributed by atoms with Crippen molar-refractivity contribution >= 4 is 21.5 Å². The van der Waals surface area contributed by atoms with Crippen molar-refractivity contribution in [1.29, 1.82) is 0 Å². The van der Waals surface area contributed by atoms with E-state index < -0.39 is 6.36 Å². The second-order valence-corrected chi connectivity index (χ2v) is 7.67. The number of benzene rings is 3. The van der Waals surface area contributed by atoms with E-state index in [0.717, 1.165) is 18.2 Å². The zero-order valence-electron chi connectivity index (χ0n) is 16.6. The first-order chi connectivity index (χ1) is 13.2. The Morgan fingerprint density at radius 3 is 2.37 bits per heavy atom. The third kappa shape index (κ3) is 5.22. The molecule has 0 bridgehead atoms. The Bertz CT molecular complexity index is 857. The van der Waals surface area contributed by atoms with E-state index in [2.05, 4.69) is 31.2 Å². The third-order valence-corrected chi connectivity index (χ3v) is 5.43. The molecule has 2 heteroatoms. The highest BCUT2D eigenvalue weighted by Crippen LogP contribution is 2.29. The lowest BCUT2D eigenvalue weighted by atomic mass is 10.0. The predicted octanol–water partition coefficient (Wildman–Crippen LogP) is 8.05. The van der Waals surface area contributed by atoms with Gasteiger partial charge in [-0.3, -0.25) is 0 Å². The van der Waals surface area contributed by atoms with Crippen LogP contribution in [0.5, 0.6) is 5.75 Å². The number of rotatable bonds is 10. The zero-order valence-corrected chi connectivity index (χ0v) is 16.6. The fraction of sp³-hybridized carbons (Fsp3) is 0.440. The largest absolute Gasteiger partial charge is 0.460 e. The summed E-state index contributed by atoms with van der Waals surface area (Å²) < 4.78 is 20.2. The van der Waals surface area contributed by atoms with Crippen LogP contribution in [0.4, 0.5) is 4.39 Å². The molecule has 0 N–H and O–H groups in total. The molecule has 0 amide bonds. The van der Waals surface area contributed by atoms with E-state index in [4.69, 9.17) is 4.74 Å². The van der Waals surface area contributed by atoms with Crippen molar-refractivity contribution in [2.45, 2.75) is 65.2 Å². The van der Waals surface area contributed by atoms with Crippen molar-refractivity contribution in [2.75, 3.05) is 0 Å². The Balaban J connectivity index is 1.58. The first-order valence-electron chi connectivity index (χ1n) is 10.4. The molecule has 0 spiro atoms. The number of halogens is 1. The highest BCUT2D eigenvalue weighted by atomic mass is 19.1. The van der Waals surface area contributed by atoms with Crippen molar-refractivity contribution in [2.24, 2.45) is 5.92 Å². The number of alkyl halides is 1. The van der Waals surface area contributed by atoms with Gasteiger partial charge in [0.1, 0.15) is 5.75 Å². The molecule has 0 saturated heterocycles. The van der Waals surface area contributed by atoms with Gasteiger partial charge >= 0.3 is 0 Å². The summed E-state index contributed by atoms with van der Waals surface area (Å²) in [5, 5.41) is 4.70. The number of fused-ring (bicyclic) bond motifs is 3. The molecule has 27 heavy (non-hydrogen) atoms. The second kappa shape index (κ2) is 9.73. The molecule has 2 atom stereocenters. The minimum atomic E-state index is -1.25. The lowest BCUT2D eigenvalue weighted by Gasteiger charge is -2.18. The van der Waals surface area contributed by atoms with E-state index in [1.165, 1.54) is 48.3 Å². The van der Waals surface area contributed by atoms with Crippen LogP contribution in [-0.2, 0) is 0 Å². The first-order valence-corrected chi connectivity index (χ1v) is 10.4. The van der Waals surface area contributed by atoms with Gasteiger partial charge in [-0.25, -0.2) is 4.39 Å². The topological polar surface area (TPSA) is 9.23 Å². The molecule has 0 aliphatic rings. The van der Waals surface area contributed by atoms with Crippen LogP contribution >= 0.6 is 0 Å². The minimum Gasteiger partial charge on any atom is -0.460 e.